The molecule has 3 heterocycles. The van der Waals surface area contributed by atoms with Gasteiger partial charge in [-0.05, 0) is 13.8 Å². The normalized spacial score (nSPS) is 16.0. The zero-order chi connectivity index (χ0) is 15.9. The van der Waals surface area contributed by atoms with E-state index in [4.69, 9.17) is 9.26 Å². The Morgan fingerprint density at radius 3 is 2.82 bits per heavy atom. The van der Waals surface area contributed by atoms with Crippen molar-refractivity contribution in [2.45, 2.75) is 38.3 Å². The molecule has 0 radical (unpaired) electrons. The first-order valence-corrected chi connectivity index (χ1v) is 9.08. The summed E-state index contributed by atoms with van der Waals surface area (Å²) in [5.74, 6) is 0.327. The van der Waals surface area contributed by atoms with Crippen LogP contribution in [0.25, 0.3) is 0 Å². The van der Waals surface area contributed by atoms with Gasteiger partial charge < -0.3 is 9.26 Å². The summed E-state index contributed by atoms with van der Waals surface area (Å²) >= 11 is 1.50. The number of aromatic nitrogens is 2. The molecule has 0 aromatic carbocycles. The maximum absolute atomic E-state index is 12.8. The number of thiazole rings is 1. The number of rotatable bonds is 4. The number of sulfonamides is 1. The maximum Gasteiger partial charge on any atom is 0.248 e. The molecule has 2 aromatic rings. The van der Waals surface area contributed by atoms with Crippen molar-refractivity contribution in [3.63, 3.8) is 0 Å². The highest BCUT2D eigenvalue weighted by molar-refractivity contribution is 7.89. The lowest BCUT2D eigenvalue weighted by Crippen LogP contribution is -2.36. The van der Waals surface area contributed by atoms with Crippen molar-refractivity contribution < 1.29 is 17.7 Å². The molecule has 0 aliphatic carbocycles. The van der Waals surface area contributed by atoms with Gasteiger partial charge in [0.25, 0.3) is 0 Å². The van der Waals surface area contributed by atoms with Crippen LogP contribution in [-0.4, -0.2) is 36.5 Å². The second kappa shape index (κ2) is 5.73. The number of fused-ring (bicyclic) bond motifs is 1. The molecule has 22 heavy (non-hydrogen) atoms. The van der Waals surface area contributed by atoms with Crippen LogP contribution >= 0.6 is 11.3 Å². The molecule has 0 N–H and O–H groups in total. The van der Waals surface area contributed by atoms with Crippen molar-refractivity contribution in [1.29, 1.82) is 0 Å². The monoisotopic (exact) mass is 343 g/mol. The van der Waals surface area contributed by atoms with E-state index in [-0.39, 0.29) is 4.90 Å². The zero-order valence-corrected chi connectivity index (χ0v) is 14.3. The predicted octanol–water partition coefficient (Wildman–Crippen LogP) is 1.64. The van der Waals surface area contributed by atoms with Crippen molar-refractivity contribution in [2.24, 2.45) is 0 Å². The van der Waals surface area contributed by atoms with Crippen molar-refractivity contribution >= 4 is 21.4 Å². The van der Waals surface area contributed by atoms with Crippen LogP contribution in [0.15, 0.2) is 9.42 Å². The molecule has 2 aromatic heterocycles. The second-order valence-electron chi connectivity index (χ2n) is 5.15. The largest absolute Gasteiger partial charge is 0.378 e. The van der Waals surface area contributed by atoms with Gasteiger partial charge in [-0.25, -0.2) is 13.4 Å². The molecule has 9 heteroatoms. The van der Waals surface area contributed by atoms with Crippen LogP contribution in [0.1, 0.15) is 27.0 Å². The minimum atomic E-state index is -3.60. The Hall–Kier alpha value is -1.29. The topological polar surface area (TPSA) is 85.5 Å². The summed E-state index contributed by atoms with van der Waals surface area (Å²) in [5.41, 5.74) is 1.37. The summed E-state index contributed by atoms with van der Waals surface area (Å²) in [6, 6.07) is 0. The van der Waals surface area contributed by atoms with Crippen LogP contribution in [0, 0.1) is 13.8 Å². The summed E-state index contributed by atoms with van der Waals surface area (Å²) < 4.78 is 37.2. The van der Waals surface area contributed by atoms with Gasteiger partial charge >= 0.3 is 0 Å². The van der Waals surface area contributed by atoms with Crippen LogP contribution in [0.5, 0.6) is 0 Å². The van der Waals surface area contributed by atoms with Gasteiger partial charge in [0.15, 0.2) is 5.76 Å². The first kappa shape index (κ1) is 15.6. The third-order valence-electron chi connectivity index (χ3n) is 3.57. The number of ether oxygens (including phenoxy) is 1. The molecular weight excluding hydrogens is 326 g/mol. The lowest BCUT2D eigenvalue weighted by Gasteiger charge is -2.25. The number of hydrogen-bond acceptors (Lipinski definition) is 7. The lowest BCUT2D eigenvalue weighted by molar-refractivity contribution is 0.184. The Bertz CT molecular complexity index is 775. The first-order chi connectivity index (χ1) is 10.4. The fourth-order valence-electron chi connectivity index (χ4n) is 2.59. The molecule has 0 fully saturated rings. The predicted molar refractivity (Wildman–Crippen MR) is 80.1 cm³/mol. The molecule has 3 rings (SSSR count). The molecule has 0 saturated carbocycles. The van der Waals surface area contributed by atoms with E-state index in [0.717, 1.165) is 15.6 Å². The van der Waals surface area contributed by atoms with Crippen molar-refractivity contribution in [3.8, 4) is 0 Å². The molecule has 0 bridgehead atoms. The Kier molecular flexibility index (Phi) is 4.06. The molecule has 1 aliphatic rings. The van der Waals surface area contributed by atoms with E-state index in [1.54, 1.807) is 21.0 Å². The van der Waals surface area contributed by atoms with Crippen LogP contribution in [0.4, 0.5) is 0 Å². The fraction of sp³-hybridized carbons (Fsp3) is 0.538. The molecule has 0 saturated heterocycles. The summed E-state index contributed by atoms with van der Waals surface area (Å²) in [6.07, 6.45) is 0.609. The molecule has 1 aliphatic heterocycles. The molecule has 0 amide bonds. The third-order valence-corrected chi connectivity index (χ3v) is 6.72. The van der Waals surface area contributed by atoms with Crippen LogP contribution in [-0.2, 0) is 34.3 Å². The molecule has 0 atom stereocenters. The minimum absolute atomic E-state index is 0.178. The Morgan fingerprint density at radius 2 is 2.18 bits per heavy atom. The van der Waals surface area contributed by atoms with Gasteiger partial charge in [0.05, 0.1) is 18.8 Å². The van der Waals surface area contributed by atoms with Gasteiger partial charge in [-0.1, -0.05) is 5.16 Å². The standard InChI is InChI=1S/C13H17N3O4S2/c1-8-13(9(2)20-15-8)22(17,18)16-5-4-10-11(6-16)21-12(14-10)7-19-3/h4-7H2,1-3H3. The highest BCUT2D eigenvalue weighted by Gasteiger charge is 2.34. The fourth-order valence-corrected chi connectivity index (χ4v) is 5.47. The summed E-state index contributed by atoms with van der Waals surface area (Å²) in [6.45, 7) is 4.46. The van der Waals surface area contributed by atoms with Gasteiger partial charge in [0.2, 0.25) is 10.0 Å². The van der Waals surface area contributed by atoms with Gasteiger partial charge in [-0.15, -0.1) is 11.3 Å². The molecule has 120 valence electrons. The summed E-state index contributed by atoms with van der Waals surface area (Å²) in [4.78, 5) is 5.65. The second-order valence-corrected chi connectivity index (χ2v) is 8.20. The van der Waals surface area contributed by atoms with Gasteiger partial charge in [-0.3, -0.25) is 0 Å². The van der Waals surface area contributed by atoms with Gasteiger partial charge in [0, 0.05) is 25.0 Å². The van der Waals surface area contributed by atoms with Crippen molar-refractivity contribution in [1.82, 2.24) is 14.4 Å². The number of hydrogen-bond donors (Lipinski definition) is 0. The SMILES string of the molecule is COCc1nc2c(s1)CN(S(=O)(=O)c1c(C)noc1C)CC2. The minimum Gasteiger partial charge on any atom is -0.378 e. The molecule has 0 unspecified atom stereocenters. The van der Waals surface area contributed by atoms with E-state index in [0.29, 0.717) is 37.6 Å². The third kappa shape index (κ3) is 2.58. The number of aryl methyl sites for hydroxylation is 2. The van der Waals surface area contributed by atoms with E-state index in [2.05, 4.69) is 10.1 Å². The average Bonchev–Trinajstić information content (AvgIpc) is 3.01. The van der Waals surface area contributed by atoms with Crippen LogP contribution in [0.2, 0.25) is 0 Å². The van der Waals surface area contributed by atoms with Gasteiger partial charge in [-0.2, -0.15) is 4.31 Å². The van der Waals surface area contributed by atoms with Crippen LogP contribution < -0.4 is 0 Å². The molecule has 7 nitrogen and oxygen atoms in total. The number of nitrogens with zero attached hydrogens (tertiary/aromatic N) is 3. The average molecular weight is 343 g/mol. The van der Waals surface area contributed by atoms with Crippen molar-refractivity contribution in [2.75, 3.05) is 13.7 Å². The van der Waals surface area contributed by atoms with E-state index >= 15 is 0 Å². The smallest absolute Gasteiger partial charge is 0.248 e. The first-order valence-electron chi connectivity index (χ1n) is 6.83. The summed E-state index contributed by atoms with van der Waals surface area (Å²) in [7, 11) is -1.98. The molecular formula is C13H17N3O4S2. The molecule has 0 spiro atoms. The van der Waals surface area contributed by atoms with E-state index in [1.807, 2.05) is 0 Å². The highest BCUT2D eigenvalue weighted by atomic mass is 32.2. The highest BCUT2D eigenvalue weighted by Crippen LogP contribution is 2.31. The Morgan fingerprint density at radius 1 is 1.41 bits per heavy atom. The zero-order valence-electron chi connectivity index (χ0n) is 12.6. The lowest BCUT2D eigenvalue weighted by atomic mass is 10.2. The van der Waals surface area contributed by atoms with E-state index in [9.17, 15) is 8.42 Å². The van der Waals surface area contributed by atoms with Crippen LogP contribution in [0.3, 0.4) is 0 Å². The Balaban J connectivity index is 1.91. The van der Waals surface area contributed by atoms with Crippen molar-refractivity contribution in [3.05, 3.63) is 27.0 Å². The Labute approximate surface area is 132 Å². The number of methoxy groups -OCH3 is 1. The quantitative estimate of drug-likeness (QED) is 0.839. The van der Waals surface area contributed by atoms with E-state index < -0.39 is 10.0 Å². The maximum atomic E-state index is 12.8. The summed E-state index contributed by atoms with van der Waals surface area (Å²) in [5, 5.41) is 4.62. The van der Waals surface area contributed by atoms with E-state index in [1.165, 1.54) is 15.6 Å². The van der Waals surface area contributed by atoms with Gasteiger partial charge in [0.1, 0.15) is 15.6 Å².